The number of aryl methyl sites for hydroxylation is 1. The molecule has 0 spiro atoms. The second-order valence-electron chi connectivity index (χ2n) is 2.87. The average molecular weight is 174 g/mol. The van der Waals surface area contributed by atoms with Crippen LogP contribution in [0, 0.1) is 0 Å². The number of nitrogens with zero attached hydrogens (tertiary/aromatic N) is 3. The maximum atomic E-state index is 5.78. The van der Waals surface area contributed by atoms with E-state index >= 15 is 0 Å². The Hall–Kier alpha value is -1.84. The first-order valence-corrected chi connectivity index (χ1v) is 3.96. The van der Waals surface area contributed by atoms with Crippen molar-refractivity contribution in [2.45, 2.75) is 0 Å². The minimum atomic E-state index is 0.725. The highest BCUT2D eigenvalue weighted by Gasteiger charge is 2.03. The van der Waals surface area contributed by atoms with E-state index in [9.17, 15) is 0 Å². The minimum Gasteiger partial charge on any atom is -0.398 e. The molecule has 2 aromatic heterocycles. The molecule has 0 radical (unpaired) electrons. The zero-order valence-corrected chi connectivity index (χ0v) is 7.31. The Morgan fingerprint density at radius 3 is 2.85 bits per heavy atom. The van der Waals surface area contributed by atoms with Gasteiger partial charge in [-0.25, -0.2) is 0 Å². The van der Waals surface area contributed by atoms with Crippen molar-refractivity contribution in [1.29, 1.82) is 0 Å². The van der Waals surface area contributed by atoms with Crippen LogP contribution in [0.15, 0.2) is 30.9 Å². The summed E-state index contributed by atoms with van der Waals surface area (Å²) in [4.78, 5) is 4.01. The normalized spacial score (nSPS) is 10.2. The van der Waals surface area contributed by atoms with Gasteiger partial charge in [-0.05, 0) is 6.07 Å². The summed E-state index contributed by atoms with van der Waals surface area (Å²) in [5.74, 6) is 0. The zero-order valence-electron chi connectivity index (χ0n) is 7.31. The molecule has 0 saturated heterocycles. The molecule has 66 valence electrons. The molecule has 2 heterocycles. The van der Waals surface area contributed by atoms with Crippen molar-refractivity contribution < 1.29 is 0 Å². The highest BCUT2D eigenvalue weighted by molar-refractivity contribution is 5.74. The van der Waals surface area contributed by atoms with E-state index in [0.717, 1.165) is 16.8 Å². The second kappa shape index (κ2) is 2.90. The lowest BCUT2D eigenvalue weighted by Gasteiger charge is -1.99. The molecule has 0 amide bonds. The van der Waals surface area contributed by atoms with Gasteiger partial charge in [-0.1, -0.05) is 0 Å². The van der Waals surface area contributed by atoms with Gasteiger partial charge in [0.2, 0.25) is 0 Å². The third kappa shape index (κ3) is 1.38. The van der Waals surface area contributed by atoms with Crippen LogP contribution in [0.3, 0.4) is 0 Å². The van der Waals surface area contributed by atoms with Gasteiger partial charge in [0.05, 0.1) is 6.20 Å². The van der Waals surface area contributed by atoms with Crippen molar-refractivity contribution in [3.8, 4) is 11.1 Å². The van der Waals surface area contributed by atoms with Crippen molar-refractivity contribution in [3.05, 3.63) is 30.9 Å². The van der Waals surface area contributed by atoms with Gasteiger partial charge in [-0.15, -0.1) is 0 Å². The SMILES string of the molecule is Cn1cc(-c2cnccc2N)cn1. The lowest BCUT2D eigenvalue weighted by Crippen LogP contribution is -1.89. The minimum absolute atomic E-state index is 0.725. The van der Waals surface area contributed by atoms with E-state index in [2.05, 4.69) is 10.1 Å². The summed E-state index contributed by atoms with van der Waals surface area (Å²) in [7, 11) is 1.87. The fraction of sp³-hybridized carbons (Fsp3) is 0.111. The molecular weight excluding hydrogens is 164 g/mol. The zero-order chi connectivity index (χ0) is 9.26. The van der Waals surface area contributed by atoms with E-state index in [1.165, 1.54) is 0 Å². The molecular formula is C9H10N4. The smallest absolute Gasteiger partial charge is 0.0569 e. The molecule has 0 fully saturated rings. The van der Waals surface area contributed by atoms with Crippen LogP contribution >= 0.6 is 0 Å². The quantitative estimate of drug-likeness (QED) is 0.703. The van der Waals surface area contributed by atoms with Crippen LogP contribution in [0.25, 0.3) is 11.1 Å². The summed E-state index contributed by atoms with van der Waals surface area (Å²) >= 11 is 0. The maximum Gasteiger partial charge on any atom is 0.0569 e. The number of nitrogens with two attached hydrogens (primary N) is 1. The molecule has 0 saturated carbocycles. The van der Waals surface area contributed by atoms with Crippen LogP contribution in [0.1, 0.15) is 0 Å². The highest BCUT2D eigenvalue weighted by Crippen LogP contribution is 2.23. The molecule has 4 heteroatoms. The molecule has 13 heavy (non-hydrogen) atoms. The molecule has 0 aliphatic heterocycles. The first kappa shape index (κ1) is 7.79. The molecule has 0 aromatic carbocycles. The van der Waals surface area contributed by atoms with Crippen LogP contribution in [-0.2, 0) is 7.05 Å². The lowest BCUT2D eigenvalue weighted by atomic mass is 10.1. The van der Waals surface area contributed by atoms with E-state index < -0.39 is 0 Å². The second-order valence-corrected chi connectivity index (χ2v) is 2.87. The summed E-state index contributed by atoms with van der Waals surface area (Å²) in [6.07, 6.45) is 7.10. The molecule has 4 nitrogen and oxygen atoms in total. The number of aromatic nitrogens is 3. The van der Waals surface area contributed by atoms with Crippen molar-refractivity contribution >= 4 is 5.69 Å². The summed E-state index contributed by atoms with van der Waals surface area (Å²) < 4.78 is 1.74. The predicted octanol–water partition coefficient (Wildman–Crippen LogP) is 1.06. The molecule has 0 aliphatic rings. The molecule has 2 aromatic rings. The Morgan fingerprint density at radius 2 is 2.23 bits per heavy atom. The number of hydrogen-bond acceptors (Lipinski definition) is 3. The molecule has 0 aliphatic carbocycles. The number of hydrogen-bond donors (Lipinski definition) is 1. The van der Waals surface area contributed by atoms with Gasteiger partial charge >= 0.3 is 0 Å². The van der Waals surface area contributed by atoms with E-state index in [0.29, 0.717) is 0 Å². The van der Waals surface area contributed by atoms with Crippen molar-refractivity contribution in [3.63, 3.8) is 0 Å². The Bertz CT molecular complexity index is 419. The first-order chi connectivity index (χ1) is 6.27. The van der Waals surface area contributed by atoms with Crippen molar-refractivity contribution in [1.82, 2.24) is 14.8 Å². The van der Waals surface area contributed by atoms with Gasteiger partial charge in [0.15, 0.2) is 0 Å². The summed E-state index contributed by atoms with van der Waals surface area (Å²) in [6, 6.07) is 1.78. The average Bonchev–Trinajstić information content (AvgIpc) is 2.53. The summed E-state index contributed by atoms with van der Waals surface area (Å²) in [6.45, 7) is 0. The van der Waals surface area contributed by atoms with Gasteiger partial charge in [0.25, 0.3) is 0 Å². The van der Waals surface area contributed by atoms with Gasteiger partial charge in [0.1, 0.15) is 0 Å². The largest absolute Gasteiger partial charge is 0.398 e. The van der Waals surface area contributed by atoms with E-state index in [1.54, 1.807) is 29.3 Å². The Balaban J connectivity index is 2.52. The van der Waals surface area contributed by atoms with Crippen molar-refractivity contribution in [2.24, 2.45) is 7.05 Å². The van der Waals surface area contributed by atoms with Gasteiger partial charge in [-0.2, -0.15) is 5.10 Å². The fourth-order valence-electron chi connectivity index (χ4n) is 1.21. The number of pyridine rings is 1. The molecule has 2 N–H and O–H groups in total. The van der Waals surface area contributed by atoms with Crippen LogP contribution in [0.5, 0.6) is 0 Å². The summed E-state index contributed by atoms with van der Waals surface area (Å²) in [5.41, 5.74) is 8.43. The Kier molecular flexibility index (Phi) is 1.73. The topological polar surface area (TPSA) is 56.7 Å². The van der Waals surface area contributed by atoms with Crippen LogP contribution in [0.2, 0.25) is 0 Å². The third-order valence-electron chi connectivity index (χ3n) is 1.87. The molecule has 0 atom stereocenters. The monoisotopic (exact) mass is 174 g/mol. The lowest BCUT2D eigenvalue weighted by molar-refractivity contribution is 0.768. The van der Waals surface area contributed by atoms with Crippen LogP contribution in [-0.4, -0.2) is 14.8 Å². The van der Waals surface area contributed by atoms with Gasteiger partial charge in [0, 0.05) is 42.5 Å². The summed E-state index contributed by atoms with van der Waals surface area (Å²) in [5, 5.41) is 4.07. The highest BCUT2D eigenvalue weighted by atomic mass is 15.2. The van der Waals surface area contributed by atoms with Gasteiger partial charge < -0.3 is 5.73 Å². The third-order valence-corrected chi connectivity index (χ3v) is 1.87. The number of anilines is 1. The number of nitrogen functional groups attached to an aromatic ring is 1. The van der Waals surface area contributed by atoms with Crippen molar-refractivity contribution in [2.75, 3.05) is 5.73 Å². The van der Waals surface area contributed by atoms with Crippen LogP contribution in [0.4, 0.5) is 5.69 Å². The van der Waals surface area contributed by atoms with E-state index in [4.69, 9.17) is 5.73 Å². The van der Waals surface area contributed by atoms with E-state index in [-0.39, 0.29) is 0 Å². The Labute approximate surface area is 76.0 Å². The molecule has 0 unspecified atom stereocenters. The Morgan fingerprint density at radius 1 is 1.38 bits per heavy atom. The van der Waals surface area contributed by atoms with Gasteiger partial charge in [-0.3, -0.25) is 9.67 Å². The van der Waals surface area contributed by atoms with E-state index in [1.807, 2.05) is 13.2 Å². The first-order valence-electron chi connectivity index (χ1n) is 3.96. The predicted molar refractivity (Wildman–Crippen MR) is 50.9 cm³/mol. The standard InChI is InChI=1S/C9H10N4/c1-13-6-7(4-12-13)8-5-11-3-2-9(8)10/h2-6H,1H3,(H2,10,11). The van der Waals surface area contributed by atoms with Crippen LogP contribution < -0.4 is 5.73 Å². The molecule has 2 rings (SSSR count). The fourth-order valence-corrected chi connectivity index (χ4v) is 1.21. The molecule has 0 bridgehead atoms. The number of rotatable bonds is 1. The maximum absolute atomic E-state index is 5.78.